The molecule has 0 aliphatic heterocycles. The second kappa shape index (κ2) is 5.65. The van der Waals surface area contributed by atoms with Crippen molar-refractivity contribution >= 4 is 17.1 Å². The molecule has 72 valence electrons. The normalized spacial score (nSPS) is 11.4. The van der Waals surface area contributed by atoms with Crippen LogP contribution in [-0.2, 0) is 9.47 Å². The van der Waals surface area contributed by atoms with Crippen molar-refractivity contribution < 1.29 is 9.47 Å². The average molecular weight is 198 g/mol. The number of rotatable bonds is 5. The molecule has 0 unspecified atom stereocenters. The number of hydrogen-bond donors (Lipinski definition) is 0. The Labute approximate surface area is 82.8 Å². The summed E-state index contributed by atoms with van der Waals surface area (Å²) in [5, 5.41) is 2.02. The van der Waals surface area contributed by atoms with Crippen molar-refractivity contribution in [3.63, 3.8) is 0 Å². The van der Waals surface area contributed by atoms with Crippen LogP contribution in [0.4, 0.5) is 0 Å². The fourth-order valence-corrected chi connectivity index (χ4v) is 1.58. The lowest BCUT2D eigenvalue weighted by molar-refractivity contribution is 0.240. The van der Waals surface area contributed by atoms with Crippen LogP contribution >= 0.6 is 11.3 Å². The fraction of sp³-hybridized carbons (Fsp3) is 0.400. The van der Waals surface area contributed by atoms with Gasteiger partial charge in [-0.3, -0.25) is 0 Å². The van der Waals surface area contributed by atoms with Gasteiger partial charge < -0.3 is 9.47 Å². The molecule has 0 radical (unpaired) electrons. The van der Waals surface area contributed by atoms with Crippen LogP contribution in [0, 0.1) is 0 Å². The van der Waals surface area contributed by atoms with Gasteiger partial charge in [-0.2, -0.15) is 0 Å². The van der Waals surface area contributed by atoms with E-state index in [1.165, 1.54) is 0 Å². The lowest BCUT2D eigenvalue weighted by Gasteiger charge is -2.05. The molecule has 1 rings (SSSR count). The van der Waals surface area contributed by atoms with Crippen LogP contribution < -0.4 is 0 Å². The zero-order valence-electron chi connectivity index (χ0n) is 7.95. The highest BCUT2D eigenvalue weighted by atomic mass is 32.1. The summed E-state index contributed by atoms with van der Waals surface area (Å²) in [4.78, 5) is 1.11. The molecule has 0 bridgehead atoms. The Hall–Kier alpha value is -0.960. The van der Waals surface area contributed by atoms with E-state index in [-0.39, 0.29) is 0 Å². The number of hydrogen-bond acceptors (Lipinski definition) is 3. The van der Waals surface area contributed by atoms with E-state index in [1.54, 1.807) is 17.6 Å². The molecule has 0 amide bonds. The molecular formula is C10H14O2S. The molecule has 1 heterocycles. The smallest absolute Gasteiger partial charge is 0.170 e. The van der Waals surface area contributed by atoms with Crippen LogP contribution in [0.25, 0.3) is 5.76 Å². The van der Waals surface area contributed by atoms with Crippen molar-refractivity contribution in [1.82, 2.24) is 0 Å². The summed E-state index contributed by atoms with van der Waals surface area (Å²) in [6.07, 6.45) is 1.68. The third kappa shape index (κ3) is 3.11. The zero-order chi connectivity index (χ0) is 9.52. The minimum absolute atomic E-state index is 0.663. The molecular weight excluding hydrogens is 184 g/mol. The van der Waals surface area contributed by atoms with Gasteiger partial charge in [-0.25, -0.2) is 0 Å². The Kier molecular flexibility index (Phi) is 4.40. The monoisotopic (exact) mass is 198 g/mol. The van der Waals surface area contributed by atoms with E-state index in [1.807, 2.05) is 31.4 Å². The Morgan fingerprint density at radius 1 is 1.46 bits per heavy atom. The molecule has 0 fully saturated rings. The molecule has 0 aliphatic rings. The summed E-state index contributed by atoms with van der Waals surface area (Å²) in [5.41, 5.74) is 0. The molecule has 0 saturated carbocycles. The summed E-state index contributed by atoms with van der Waals surface area (Å²) in [7, 11) is 0. The van der Waals surface area contributed by atoms with Crippen molar-refractivity contribution in [3.05, 3.63) is 28.7 Å². The molecule has 13 heavy (non-hydrogen) atoms. The minimum Gasteiger partial charge on any atom is -0.498 e. The highest BCUT2D eigenvalue weighted by Crippen LogP contribution is 2.21. The first-order valence-corrected chi connectivity index (χ1v) is 5.24. The molecule has 0 N–H and O–H groups in total. The highest BCUT2D eigenvalue weighted by Gasteiger charge is 2.02. The van der Waals surface area contributed by atoms with Crippen molar-refractivity contribution in [2.75, 3.05) is 13.2 Å². The topological polar surface area (TPSA) is 18.5 Å². The third-order valence-corrected chi connectivity index (χ3v) is 2.31. The Morgan fingerprint density at radius 2 is 2.31 bits per heavy atom. The van der Waals surface area contributed by atoms with Gasteiger partial charge in [0.25, 0.3) is 0 Å². The first-order chi connectivity index (χ1) is 6.38. The lowest BCUT2D eigenvalue weighted by atomic mass is 10.4. The van der Waals surface area contributed by atoms with Gasteiger partial charge in [0.2, 0.25) is 0 Å². The molecule has 0 aliphatic carbocycles. The molecule has 0 spiro atoms. The Morgan fingerprint density at radius 3 is 2.85 bits per heavy atom. The molecule has 0 aromatic carbocycles. The quantitative estimate of drug-likeness (QED) is 0.677. The molecule has 0 atom stereocenters. The van der Waals surface area contributed by atoms with Crippen molar-refractivity contribution in [2.24, 2.45) is 0 Å². The van der Waals surface area contributed by atoms with E-state index in [0.717, 1.165) is 10.6 Å². The zero-order valence-corrected chi connectivity index (χ0v) is 8.76. The SMILES string of the molecule is CCOC=C(OCC)c1cccs1. The van der Waals surface area contributed by atoms with E-state index in [4.69, 9.17) is 9.47 Å². The van der Waals surface area contributed by atoms with Crippen LogP contribution in [0.5, 0.6) is 0 Å². The Bertz CT molecular complexity index is 252. The third-order valence-electron chi connectivity index (χ3n) is 1.42. The van der Waals surface area contributed by atoms with Gasteiger partial charge in [-0.05, 0) is 25.3 Å². The minimum atomic E-state index is 0.663. The van der Waals surface area contributed by atoms with E-state index in [0.29, 0.717) is 13.2 Å². The van der Waals surface area contributed by atoms with E-state index < -0.39 is 0 Å². The van der Waals surface area contributed by atoms with E-state index >= 15 is 0 Å². The number of ether oxygens (including phenoxy) is 2. The summed E-state index contributed by atoms with van der Waals surface area (Å²) in [6.45, 7) is 5.25. The van der Waals surface area contributed by atoms with Crippen LogP contribution in [-0.4, -0.2) is 13.2 Å². The van der Waals surface area contributed by atoms with Gasteiger partial charge in [-0.1, -0.05) is 6.07 Å². The maximum atomic E-state index is 5.43. The second-order valence-corrected chi connectivity index (χ2v) is 3.30. The predicted molar refractivity (Wildman–Crippen MR) is 55.5 cm³/mol. The van der Waals surface area contributed by atoms with Crippen LogP contribution in [0.15, 0.2) is 23.8 Å². The maximum Gasteiger partial charge on any atom is 0.170 e. The average Bonchev–Trinajstić information content (AvgIpc) is 2.65. The second-order valence-electron chi connectivity index (χ2n) is 2.35. The molecule has 0 saturated heterocycles. The summed E-state index contributed by atoms with van der Waals surface area (Å²) < 4.78 is 10.6. The van der Waals surface area contributed by atoms with Crippen molar-refractivity contribution in [3.8, 4) is 0 Å². The van der Waals surface area contributed by atoms with Gasteiger partial charge in [0.05, 0.1) is 18.1 Å². The molecule has 1 aromatic rings. The van der Waals surface area contributed by atoms with E-state index in [2.05, 4.69) is 0 Å². The van der Waals surface area contributed by atoms with Crippen LogP contribution in [0.1, 0.15) is 18.7 Å². The molecule has 1 aromatic heterocycles. The standard InChI is InChI=1S/C10H14O2S/c1-3-11-8-9(12-4-2)10-6-5-7-13-10/h5-8H,3-4H2,1-2H3. The summed E-state index contributed by atoms with van der Waals surface area (Å²) >= 11 is 1.65. The summed E-state index contributed by atoms with van der Waals surface area (Å²) in [5.74, 6) is 0.819. The van der Waals surface area contributed by atoms with Gasteiger partial charge in [-0.15, -0.1) is 11.3 Å². The Balaban J connectivity index is 2.68. The summed E-state index contributed by atoms with van der Waals surface area (Å²) in [6, 6.07) is 4.02. The van der Waals surface area contributed by atoms with Crippen molar-refractivity contribution in [1.29, 1.82) is 0 Å². The van der Waals surface area contributed by atoms with Gasteiger partial charge in [0.1, 0.15) is 6.26 Å². The highest BCUT2D eigenvalue weighted by molar-refractivity contribution is 7.11. The largest absolute Gasteiger partial charge is 0.498 e. The first kappa shape index (κ1) is 10.1. The fourth-order valence-electron chi connectivity index (χ4n) is 0.897. The van der Waals surface area contributed by atoms with Gasteiger partial charge in [0, 0.05) is 0 Å². The maximum absolute atomic E-state index is 5.43. The number of thiophene rings is 1. The van der Waals surface area contributed by atoms with Crippen molar-refractivity contribution in [2.45, 2.75) is 13.8 Å². The van der Waals surface area contributed by atoms with Gasteiger partial charge >= 0.3 is 0 Å². The van der Waals surface area contributed by atoms with Crippen LogP contribution in [0.3, 0.4) is 0 Å². The van der Waals surface area contributed by atoms with E-state index in [9.17, 15) is 0 Å². The first-order valence-electron chi connectivity index (χ1n) is 4.37. The van der Waals surface area contributed by atoms with Crippen LogP contribution in [0.2, 0.25) is 0 Å². The molecule has 3 heteroatoms. The lowest BCUT2D eigenvalue weighted by Crippen LogP contribution is -1.91. The predicted octanol–water partition coefficient (Wildman–Crippen LogP) is 3.12. The molecule has 2 nitrogen and oxygen atoms in total. The van der Waals surface area contributed by atoms with Gasteiger partial charge in [0.15, 0.2) is 5.76 Å².